The van der Waals surface area contributed by atoms with Crippen LogP contribution in [0.25, 0.3) is 5.57 Å². The molecule has 6 nitrogen and oxygen atoms in total. The van der Waals surface area contributed by atoms with Gasteiger partial charge in [0.05, 0.1) is 11.3 Å². The zero-order chi connectivity index (χ0) is 21.2. The number of rotatable bonds is 4. The van der Waals surface area contributed by atoms with Gasteiger partial charge in [-0.1, -0.05) is 32.9 Å². The first-order chi connectivity index (χ1) is 13.6. The number of allylic oxidation sites excluding steroid dienone is 2. The maximum atomic E-state index is 13.3. The zero-order valence-corrected chi connectivity index (χ0v) is 17.5. The van der Waals surface area contributed by atoms with Crippen LogP contribution in [-0.4, -0.2) is 24.3 Å². The fraction of sp³-hybridized carbons (Fsp3) is 0.381. The highest BCUT2D eigenvalue weighted by molar-refractivity contribution is 7.90. The van der Waals surface area contributed by atoms with Gasteiger partial charge in [-0.15, -0.1) is 0 Å². The second kappa shape index (κ2) is 8.02. The summed E-state index contributed by atoms with van der Waals surface area (Å²) < 4.78 is 40.3. The molecule has 2 aromatic heterocycles. The van der Waals surface area contributed by atoms with Crippen LogP contribution in [0.1, 0.15) is 68.2 Å². The molecule has 0 aromatic carbocycles. The van der Waals surface area contributed by atoms with E-state index < -0.39 is 26.9 Å². The smallest absolute Gasteiger partial charge is 0.268 e. The van der Waals surface area contributed by atoms with Crippen molar-refractivity contribution in [2.45, 2.75) is 56.9 Å². The predicted octanol–water partition coefficient (Wildman–Crippen LogP) is 3.99. The Balaban J connectivity index is 2.00. The molecule has 0 spiro atoms. The minimum atomic E-state index is -4.31. The van der Waals surface area contributed by atoms with E-state index in [0.29, 0.717) is 5.69 Å². The number of sulfonamides is 1. The van der Waals surface area contributed by atoms with Crippen molar-refractivity contribution < 1.29 is 17.6 Å². The lowest BCUT2D eigenvalue weighted by Crippen LogP contribution is -2.32. The Bertz CT molecular complexity index is 1070. The number of nitrogens with zero attached hydrogens (tertiary/aromatic N) is 2. The van der Waals surface area contributed by atoms with Crippen LogP contribution in [0.3, 0.4) is 0 Å². The molecule has 154 valence electrons. The van der Waals surface area contributed by atoms with Gasteiger partial charge in [0.2, 0.25) is 5.95 Å². The van der Waals surface area contributed by atoms with Crippen LogP contribution >= 0.6 is 0 Å². The summed E-state index contributed by atoms with van der Waals surface area (Å²) in [5.74, 6) is -1.75. The number of halogens is 1. The normalized spacial score (nSPS) is 15.0. The number of amides is 1. The first-order valence-electron chi connectivity index (χ1n) is 9.48. The van der Waals surface area contributed by atoms with Gasteiger partial charge in [-0.05, 0) is 55.5 Å². The lowest BCUT2D eigenvalue weighted by molar-refractivity contribution is 0.0980. The fourth-order valence-electron chi connectivity index (χ4n) is 3.13. The molecule has 1 amide bonds. The van der Waals surface area contributed by atoms with Crippen LogP contribution < -0.4 is 4.72 Å². The molecule has 2 aromatic rings. The molecule has 0 radical (unpaired) electrons. The topological polar surface area (TPSA) is 89.0 Å². The van der Waals surface area contributed by atoms with E-state index in [1.165, 1.54) is 6.07 Å². The Morgan fingerprint density at radius 2 is 1.86 bits per heavy atom. The first kappa shape index (κ1) is 21.1. The van der Waals surface area contributed by atoms with E-state index in [1.807, 2.05) is 25.5 Å². The van der Waals surface area contributed by atoms with E-state index in [0.717, 1.165) is 49.1 Å². The van der Waals surface area contributed by atoms with Crippen molar-refractivity contribution in [2.24, 2.45) is 0 Å². The van der Waals surface area contributed by atoms with Gasteiger partial charge in [-0.25, -0.2) is 9.71 Å². The number of carbonyl (C=O) groups excluding carboxylic acids is 1. The van der Waals surface area contributed by atoms with Crippen molar-refractivity contribution in [2.75, 3.05) is 0 Å². The van der Waals surface area contributed by atoms with E-state index in [1.54, 1.807) is 12.1 Å². The van der Waals surface area contributed by atoms with Crippen LogP contribution in [0, 0.1) is 5.95 Å². The molecule has 1 aliphatic rings. The second-order valence-corrected chi connectivity index (χ2v) is 9.68. The van der Waals surface area contributed by atoms with E-state index in [-0.39, 0.29) is 11.0 Å². The Morgan fingerprint density at radius 3 is 2.48 bits per heavy atom. The average molecular weight is 418 g/mol. The molecule has 0 aliphatic heterocycles. The second-order valence-electron chi connectivity index (χ2n) is 8.05. The standard InChI is InChI=1S/C21H24FN3O3S/c1-21(2,3)16-13-12-15(19(23-16)14-8-5-4-6-9-14)20(26)25-29(27,28)18-11-7-10-17(22)24-18/h7-8,10-13H,4-6,9H2,1-3H3,(H,25,26). The molecule has 0 fully saturated rings. The molecule has 2 heterocycles. The first-order valence-corrected chi connectivity index (χ1v) is 11.0. The highest BCUT2D eigenvalue weighted by atomic mass is 32.2. The van der Waals surface area contributed by atoms with Crippen LogP contribution in [0.5, 0.6) is 0 Å². The molecule has 1 N–H and O–H groups in total. The van der Waals surface area contributed by atoms with Gasteiger partial charge in [0.1, 0.15) is 0 Å². The molecule has 0 atom stereocenters. The summed E-state index contributed by atoms with van der Waals surface area (Å²) in [6.07, 6.45) is 5.78. The predicted molar refractivity (Wildman–Crippen MR) is 108 cm³/mol. The number of hydrogen-bond acceptors (Lipinski definition) is 5. The summed E-state index contributed by atoms with van der Waals surface area (Å²) in [7, 11) is -4.31. The molecular formula is C21H24FN3O3S. The maximum Gasteiger partial charge on any atom is 0.281 e. The molecule has 0 saturated heterocycles. The Morgan fingerprint density at radius 1 is 1.10 bits per heavy atom. The Kier molecular flexibility index (Phi) is 5.84. The van der Waals surface area contributed by atoms with Gasteiger partial charge in [-0.3, -0.25) is 9.78 Å². The van der Waals surface area contributed by atoms with Gasteiger partial charge in [0.15, 0.2) is 5.03 Å². The fourth-order valence-corrected chi connectivity index (χ4v) is 4.05. The number of hydrogen-bond donors (Lipinski definition) is 1. The highest BCUT2D eigenvalue weighted by Crippen LogP contribution is 2.30. The van der Waals surface area contributed by atoms with Gasteiger partial charge in [0, 0.05) is 11.1 Å². The molecule has 1 aliphatic carbocycles. The van der Waals surface area contributed by atoms with E-state index in [4.69, 9.17) is 4.98 Å². The van der Waals surface area contributed by atoms with Gasteiger partial charge in [-0.2, -0.15) is 12.8 Å². The lowest BCUT2D eigenvalue weighted by Gasteiger charge is -2.22. The van der Waals surface area contributed by atoms with Gasteiger partial charge < -0.3 is 0 Å². The van der Waals surface area contributed by atoms with Crippen LogP contribution in [0.2, 0.25) is 0 Å². The van der Waals surface area contributed by atoms with Crippen molar-refractivity contribution in [1.29, 1.82) is 0 Å². The molecule has 0 bridgehead atoms. The summed E-state index contributed by atoms with van der Waals surface area (Å²) in [6, 6.07) is 6.71. The number of aromatic nitrogens is 2. The van der Waals surface area contributed by atoms with Crippen molar-refractivity contribution in [3.63, 3.8) is 0 Å². The third kappa shape index (κ3) is 4.87. The summed E-state index contributed by atoms with van der Waals surface area (Å²) in [6.45, 7) is 6.07. The summed E-state index contributed by atoms with van der Waals surface area (Å²) in [5.41, 5.74) is 2.19. The van der Waals surface area contributed by atoms with E-state index in [2.05, 4.69) is 11.1 Å². The molecule has 3 rings (SSSR count). The van der Waals surface area contributed by atoms with Crippen molar-refractivity contribution in [3.05, 3.63) is 59.3 Å². The average Bonchev–Trinajstić information content (AvgIpc) is 2.67. The number of nitrogens with one attached hydrogen (secondary N) is 1. The van der Waals surface area contributed by atoms with Crippen LogP contribution in [0.4, 0.5) is 4.39 Å². The van der Waals surface area contributed by atoms with Crippen molar-refractivity contribution in [1.82, 2.24) is 14.7 Å². The third-order valence-electron chi connectivity index (χ3n) is 4.70. The van der Waals surface area contributed by atoms with Crippen LogP contribution in [0.15, 0.2) is 41.4 Å². The Hall–Kier alpha value is -2.61. The summed E-state index contributed by atoms with van der Waals surface area (Å²) in [4.78, 5) is 20.9. The number of pyridine rings is 2. The van der Waals surface area contributed by atoms with Crippen molar-refractivity contribution in [3.8, 4) is 0 Å². The quantitative estimate of drug-likeness (QED) is 0.760. The third-order valence-corrected chi connectivity index (χ3v) is 5.93. The largest absolute Gasteiger partial charge is 0.281 e. The summed E-state index contributed by atoms with van der Waals surface area (Å²) >= 11 is 0. The maximum absolute atomic E-state index is 13.3. The van der Waals surface area contributed by atoms with E-state index >= 15 is 0 Å². The minimum absolute atomic E-state index is 0.172. The molecule has 0 saturated carbocycles. The van der Waals surface area contributed by atoms with Crippen molar-refractivity contribution >= 4 is 21.5 Å². The molecule has 29 heavy (non-hydrogen) atoms. The van der Waals surface area contributed by atoms with Gasteiger partial charge in [0.25, 0.3) is 15.9 Å². The monoisotopic (exact) mass is 417 g/mol. The number of carbonyl (C=O) groups is 1. The molecule has 8 heteroatoms. The minimum Gasteiger partial charge on any atom is -0.268 e. The van der Waals surface area contributed by atoms with Gasteiger partial charge >= 0.3 is 0 Å². The van der Waals surface area contributed by atoms with Crippen LogP contribution in [-0.2, 0) is 15.4 Å². The highest BCUT2D eigenvalue weighted by Gasteiger charge is 2.26. The van der Waals surface area contributed by atoms with E-state index in [9.17, 15) is 17.6 Å². The molecule has 0 unspecified atom stereocenters. The zero-order valence-electron chi connectivity index (χ0n) is 16.7. The SMILES string of the molecule is CC(C)(C)c1ccc(C(=O)NS(=O)(=O)c2cccc(F)n2)c(C2=CCCCC2)n1. The molecular weight excluding hydrogens is 393 g/mol. The summed E-state index contributed by atoms with van der Waals surface area (Å²) in [5, 5.41) is -0.552. The lowest BCUT2D eigenvalue weighted by atomic mass is 9.89. The Labute approximate surface area is 170 Å².